The molecule has 1 fully saturated rings. The molecule has 1 saturated heterocycles. The zero-order chi connectivity index (χ0) is 22.0. The van der Waals surface area contributed by atoms with Gasteiger partial charge in [0.2, 0.25) is 5.91 Å². The molecule has 6 nitrogen and oxygen atoms in total. The summed E-state index contributed by atoms with van der Waals surface area (Å²) in [5.41, 5.74) is 1.17. The molecule has 30 heavy (non-hydrogen) atoms. The lowest BCUT2D eigenvalue weighted by Gasteiger charge is -2.29. The van der Waals surface area contributed by atoms with Crippen LogP contribution in [0.3, 0.4) is 0 Å². The average Bonchev–Trinajstić information content (AvgIpc) is 2.94. The van der Waals surface area contributed by atoms with Gasteiger partial charge < -0.3 is 15.1 Å². The summed E-state index contributed by atoms with van der Waals surface area (Å²) in [5.74, 6) is 0.402. The van der Waals surface area contributed by atoms with Crippen LogP contribution in [0.15, 0.2) is 29.2 Å². The molecule has 1 aromatic rings. The van der Waals surface area contributed by atoms with E-state index in [0.29, 0.717) is 17.4 Å². The second-order valence-electron chi connectivity index (χ2n) is 8.22. The first-order valence-corrected chi connectivity index (χ1v) is 13.1. The Labute approximate surface area is 182 Å². The van der Waals surface area contributed by atoms with Gasteiger partial charge in [-0.25, -0.2) is 8.42 Å². The van der Waals surface area contributed by atoms with Gasteiger partial charge in [-0.2, -0.15) is 0 Å². The number of unbranched alkanes of at least 4 members (excludes halogenated alkanes) is 1. The maximum Gasteiger partial charge on any atom is 0.223 e. The van der Waals surface area contributed by atoms with E-state index < -0.39 is 9.84 Å². The summed E-state index contributed by atoms with van der Waals surface area (Å²) >= 11 is 0. The smallest absolute Gasteiger partial charge is 0.223 e. The highest BCUT2D eigenvalue weighted by Crippen LogP contribution is 2.16. The largest absolute Gasteiger partial charge is 0.341 e. The van der Waals surface area contributed by atoms with E-state index in [-0.39, 0.29) is 11.7 Å². The highest BCUT2D eigenvalue weighted by Gasteiger charge is 2.17. The Balaban J connectivity index is 1.83. The van der Waals surface area contributed by atoms with Crippen molar-refractivity contribution in [1.29, 1.82) is 0 Å². The number of rotatable bonds is 12. The molecular weight excluding hydrogens is 398 g/mol. The zero-order valence-electron chi connectivity index (χ0n) is 18.9. The number of carbonyl (C=O) groups excluding carboxylic acids is 1. The van der Waals surface area contributed by atoms with Gasteiger partial charge in [-0.05, 0) is 63.4 Å². The predicted molar refractivity (Wildman–Crippen MR) is 122 cm³/mol. The molecular formula is C23H39N3O3S. The monoisotopic (exact) mass is 437 g/mol. The fourth-order valence-electron chi connectivity index (χ4n) is 3.98. The molecule has 1 aromatic carbocycles. The van der Waals surface area contributed by atoms with E-state index in [1.807, 2.05) is 17.0 Å². The number of benzene rings is 1. The van der Waals surface area contributed by atoms with Crippen molar-refractivity contribution in [3.8, 4) is 0 Å². The molecule has 1 amide bonds. The average molecular weight is 438 g/mol. The third kappa shape index (κ3) is 7.67. The minimum absolute atomic E-state index is 0.132. The lowest BCUT2D eigenvalue weighted by Crippen LogP contribution is -2.37. The van der Waals surface area contributed by atoms with E-state index in [2.05, 4.69) is 24.1 Å². The van der Waals surface area contributed by atoms with Gasteiger partial charge in [0.05, 0.1) is 10.6 Å². The van der Waals surface area contributed by atoms with E-state index in [0.717, 1.165) is 65.0 Å². The minimum Gasteiger partial charge on any atom is -0.341 e. The van der Waals surface area contributed by atoms with E-state index in [9.17, 15) is 13.2 Å². The summed E-state index contributed by atoms with van der Waals surface area (Å²) < 4.78 is 24.0. The number of nitrogens with zero attached hydrogens (tertiary/aromatic N) is 2. The summed E-state index contributed by atoms with van der Waals surface area (Å²) in [6.45, 7) is 11.6. The summed E-state index contributed by atoms with van der Waals surface area (Å²) in [7, 11) is -3.14. The second kappa shape index (κ2) is 12.4. The Morgan fingerprint density at radius 2 is 1.83 bits per heavy atom. The molecule has 7 heteroatoms. The first-order valence-electron chi connectivity index (χ1n) is 11.4. The van der Waals surface area contributed by atoms with E-state index >= 15 is 0 Å². The topological polar surface area (TPSA) is 69.7 Å². The Kier molecular flexibility index (Phi) is 10.3. The molecule has 1 atom stereocenters. The number of nitrogens with one attached hydrogen (secondary N) is 1. The lowest BCUT2D eigenvalue weighted by atomic mass is 10.1. The summed E-state index contributed by atoms with van der Waals surface area (Å²) in [4.78, 5) is 17.0. The maximum absolute atomic E-state index is 12.1. The summed E-state index contributed by atoms with van der Waals surface area (Å²) in [5, 5.41) is 3.28. The van der Waals surface area contributed by atoms with Crippen LogP contribution in [0.2, 0.25) is 0 Å². The first kappa shape index (κ1) is 24.8. The van der Waals surface area contributed by atoms with Crippen molar-refractivity contribution in [1.82, 2.24) is 15.1 Å². The van der Waals surface area contributed by atoms with E-state index in [1.54, 1.807) is 19.1 Å². The van der Waals surface area contributed by atoms with Crippen LogP contribution in [0.5, 0.6) is 0 Å². The van der Waals surface area contributed by atoms with Crippen LogP contribution in [-0.2, 0) is 21.1 Å². The second-order valence-corrected chi connectivity index (χ2v) is 10.5. The van der Waals surface area contributed by atoms with Crippen molar-refractivity contribution in [3.05, 3.63) is 29.8 Å². The molecule has 1 aliphatic heterocycles. The first-order chi connectivity index (χ1) is 14.4. The Morgan fingerprint density at radius 1 is 1.10 bits per heavy atom. The third-order valence-corrected chi connectivity index (χ3v) is 7.63. The van der Waals surface area contributed by atoms with E-state index in [1.165, 1.54) is 5.56 Å². The van der Waals surface area contributed by atoms with Crippen LogP contribution >= 0.6 is 0 Å². The molecule has 0 aromatic heterocycles. The van der Waals surface area contributed by atoms with Crippen molar-refractivity contribution in [2.45, 2.75) is 63.8 Å². The number of carbonyl (C=O) groups is 1. The van der Waals surface area contributed by atoms with E-state index in [4.69, 9.17) is 0 Å². The fourth-order valence-corrected chi connectivity index (χ4v) is 4.86. The van der Waals surface area contributed by atoms with Crippen LogP contribution in [0.1, 0.15) is 52.0 Å². The van der Waals surface area contributed by atoms with Crippen molar-refractivity contribution < 1.29 is 13.2 Å². The van der Waals surface area contributed by atoms with Crippen LogP contribution in [0.4, 0.5) is 0 Å². The summed E-state index contributed by atoms with van der Waals surface area (Å²) in [6, 6.07) is 7.75. The van der Waals surface area contributed by atoms with Gasteiger partial charge in [-0.15, -0.1) is 0 Å². The Bertz CT molecular complexity index is 749. The molecule has 170 valence electrons. The molecule has 1 N–H and O–H groups in total. The summed E-state index contributed by atoms with van der Waals surface area (Å²) in [6.07, 6.45) is 4.73. The number of hydrogen-bond donors (Lipinski definition) is 1. The van der Waals surface area contributed by atoms with Gasteiger partial charge in [0.15, 0.2) is 9.84 Å². The van der Waals surface area contributed by atoms with Crippen LogP contribution < -0.4 is 5.32 Å². The SMILES string of the molecule is CCCN(CCCCN1CCNCCC1=O)C(C)Cc1ccc(S(=O)(=O)CC)cc1. The van der Waals surface area contributed by atoms with Crippen molar-refractivity contribution >= 4 is 15.7 Å². The molecule has 0 bridgehead atoms. The molecule has 0 aliphatic carbocycles. The highest BCUT2D eigenvalue weighted by molar-refractivity contribution is 7.91. The Morgan fingerprint density at radius 3 is 2.50 bits per heavy atom. The van der Waals surface area contributed by atoms with Crippen molar-refractivity contribution in [2.75, 3.05) is 45.0 Å². The molecule has 2 rings (SSSR count). The Hall–Kier alpha value is -1.44. The number of sulfone groups is 1. The van der Waals surface area contributed by atoms with Gasteiger partial charge >= 0.3 is 0 Å². The third-order valence-electron chi connectivity index (χ3n) is 5.88. The maximum atomic E-state index is 12.1. The molecule has 1 aliphatic rings. The number of hydrogen-bond acceptors (Lipinski definition) is 5. The molecule has 0 radical (unpaired) electrons. The van der Waals surface area contributed by atoms with Crippen molar-refractivity contribution in [3.63, 3.8) is 0 Å². The molecule has 0 saturated carbocycles. The molecule has 0 spiro atoms. The van der Waals surface area contributed by atoms with Gasteiger partial charge in [0.1, 0.15) is 0 Å². The zero-order valence-corrected chi connectivity index (χ0v) is 19.7. The fraction of sp³-hybridized carbons (Fsp3) is 0.696. The minimum atomic E-state index is -3.14. The quantitative estimate of drug-likeness (QED) is 0.509. The molecule has 1 heterocycles. The van der Waals surface area contributed by atoms with Gasteiger partial charge in [0.25, 0.3) is 0 Å². The normalized spacial score (nSPS) is 16.7. The van der Waals surface area contributed by atoms with Crippen LogP contribution in [0.25, 0.3) is 0 Å². The highest BCUT2D eigenvalue weighted by atomic mass is 32.2. The predicted octanol–water partition coefficient (Wildman–Crippen LogP) is 2.73. The van der Waals surface area contributed by atoms with Crippen molar-refractivity contribution in [2.24, 2.45) is 0 Å². The van der Waals surface area contributed by atoms with Crippen LogP contribution in [-0.4, -0.2) is 75.2 Å². The molecule has 1 unspecified atom stereocenters. The van der Waals surface area contributed by atoms with Gasteiger partial charge in [-0.1, -0.05) is 26.0 Å². The lowest BCUT2D eigenvalue weighted by molar-refractivity contribution is -0.130. The van der Waals surface area contributed by atoms with Gasteiger partial charge in [0, 0.05) is 38.6 Å². The number of amides is 1. The standard InChI is InChI=1S/C23H39N3O3S/c1-4-15-25(16-6-7-17-26-18-14-24-13-12-23(26)27)20(3)19-21-8-10-22(11-9-21)30(28,29)5-2/h8-11,20,24H,4-7,12-19H2,1-3H3. The van der Waals surface area contributed by atoms with Crippen LogP contribution in [0, 0.1) is 0 Å². The van der Waals surface area contributed by atoms with Gasteiger partial charge in [-0.3, -0.25) is 4.79 Å².